The number of aromatic nitrogens is 2. The summed E-state index contributed by atoms with van der Waals surface area (Å²) >= 11 is 3.27. The Morgan fingerprint density at radius 1 is 1.08 bits per heavy atom. The molecule has 0 saturated heterocycles. The Labute approximate surface area is 226 Å². The maximum absolute atomic E-state index is 13.5. The number of fused-ring (bicyclic) bond motifs is 2. The highest BCUT2D eigenvalue weighted by atomic mass is 32.1. The molecule has 4 heterocycles. The zero-order valence-corrected chi connectivity index (χ0v) is 22.2. The number of carbonyl (C=O) groups is 2. The molecule has 0 bridgehead atoms. The second-order valence-corrected chi connectivity index (χ2v) is 11.2. The van der Waals surface area contributed by atoms with Crippen LogP contribution in [0.25, 0.3) is 16.8 Å². The fourth-order valence-corrected chi connectivity index (χ4v) is 6.76. The van der Waals surface area contributed by atoms with Crippen molar-refractivity contribution < 1.29 is 14.3 Å². The van der Waals surface area contributed by atoms with Gasteiger partial charge >= 0.3 is 5.97 Å². The Kier molecular flexibility index (Phi) is 6.50. The second kappa shape index (κ2) is 10.1. The molecule has 38 heavy (non-hydrogen) atoms. The van der Waals surface area contributed by atoms with Crippen LogP contribution >= 0.6 is 22.7 Å². The third-order valence-corrected chi connectivity index (χ3v) is 8.69. The van der Waals surface area contributed by atoms with Gasteiger partial charge in [-0.25, -0.2) is 14.5 Å². The van der Waals surface area contributed by atoms with Crippen molar-refractivity contribution in [2.45, 2.75) is 25.3 Å². The zero-order valence-electron chi connectivity index (χ0n) is 20.6. The normalized spacial score (nSPS) is 20.0. The van der Waals surface area contributed by atoms with Gasteiger partial charge in [0, 0.05) is 28.1 Å². The monoisotopic (exact) mass is 544 g/mol. The molecule has 0 N–H and O–H groups in total. The van der Waals surface area contributed by atoms with Crippen LogP contribution in [0.2, 0.25) is 0 Å². The first-order chi connectivity index (χ1) is 18.5. The summed E-state index contributed by atoms with van der Waals surface area (Å²) in [6, 6.07) is 14.6. The predicted molar refractivity (Wildman–Crippen MR) is 148 cm³/mol. The number of thiophene rings is 2. The molecule has 8 nitrogen and oxygen atoms in total. The molecule has 6 rings (SSSR count). The first kappa shape index (κ1) is 24.4. The number of nitrogens with zero attached hydrogens (tertiary/aromatic N) is 4. The molecule has 2 unspecified atom stereocenters. The maximum atomic E-state index is 13.5. The minimum absolute atomic E-state index is 0.00659. The summed E-state index contributed by atoms with van der Waals surface area (Å²) in [5.41, 5.74) is 1.77. The number of aryl methyl sites for hydroxylation is 1. The lowest BCUT2D eigenvalue weighted by Gasteiger charge is -2.28. The van der Waals surface area contributed by atoms with Crippen LogP contribution in [0.1, 0.15) is 45.5 Å². The number of allylic oxidation sites excluding steroid dienone is 1. The summed E-state index contributed by atoms with van der Waals surface area (Å²) in [4.78, 5) is 41.1. The van der Waals surface area contributed by atoms with Crippen molar-refractivity contribution in [1.82, 2.24) is 14.8 Å². The lowest BCUT2D eigenvalue weighted by molar-refractivity contribution is -0.136. The van der Waals surface area contributed by atoms with E-state index in [9.17, 15) is 14.4 Å². The van der Waals surface area contributed by atoms with Crippen LogP contribution in [0.5, 0.6) is 0 Å². The number of benzene rings is 1. The summed E-state index contributed by atoms with van der Waals surface area (Å²) in [5, 5.41) is 15.2. The van der Waals surface area contributed by atoms with Crippen LogP contribution in [0.3, 0.4) is 0 Å². The Hall–Kier alpha value is -3.89. The van der Waals surface area contributed by atoms with Crippen LogP contribution in [-0.2, 0) is 16.6 Å². The van der Waals surface area contributed by atoms with Gasteiger partial charge in [-0.1, -0.05) is 30.3 Å². The molecule has 10 heteroatoms. The minimum Gasteiger partial charge on any atom is -0.451 e. The highest BCUT2D eigenvalue weighted by molar-refractivity contribution is 7.11. The van der Waals surface area contributed by atoms with Crippen molar-refractivity contribution in [2.75, 3.05) is 6.61 Å². The highest BCUT2D eigenvalue weighted by Crippen LogP contribution is 2.45. The van der Waals surface area contributed by atoms with Gasteiger partial charge in [-0.3, -0.25) is 9.59 Å². The number of carbonyl (C=O) groups excluding carboxylic acids is 2. The lowest BCUT2D eigenvalue weighted by atomic mass is 9.79. The summed E-state index contributed by atoms with van der Waals surface area (Å²) in [6.07, 6.45) is 5.03. The smallest absolute Gasteiger partial charge is 0.359 e. The maximum Gasteiger partial charge on any atom is 0.359 e. The number of esters is 1. The van der Waals surface area contributed by atoms with Gasteiger partial charge < -0.3 is 4.74 Å². The molecule has 1 aromatic carbocycles. The van der Waals surface area contributed by atoms with Gasteiger partial charge in [0.25, 0.3) is 11.5 Å². The zero-order chi connectivity index (χ0) is 26.2. The molecule has 1 saturated carbocycles. The average Bonchev–Trinajstić information content (AvgIpc) is 3.70. The van der Waals surface area contributed by atoms with Crippen LogP contribution in [-0.4, -0.2) is 39.0 Å². The van der Waals surface area contributed by atoms with Gasteiger partial charge in [-0.2, -0.15) is 10.2 Å². The molecule has 1 fully saturated rings. The third kappa shape index (κ3) is 4.39. The van der Waals surface area contributed by atoms with E-state index in [0.717, 1.165) is 45.0 Å². The molecular weight excluding hydrogens is 520 g/mol. The van der Waals surface area contributed by atoms with Gasteiger partial charge in [-0.05, 0) is 59.9 Å². The lowest BCUT2D eigenvalue weighted by Crippen LogP contribution is -2.34. The topological polar surface area (TPSA) is 93.9 Å². The molecule has 1 aliphatic heterocycles. The summed E-state index contributed by atoms with van der Waals surface area (Å²) < 4.78 is 6.55. The van der Waals surface area contributed by atoms with Crippen LogP contribution in [0.15, 0.2) is 74.8 Å². The molecule has 192 valence electrons. The first-order valence-corrected chi connectivity index (χ1v) is 14.1. The molecule has 2 aliphatic rings. The van der Waals surface area contributed by atoms with Gasteiger partial charge in [0.05, 0.1) is 17.1 Å². The summed E-state index contributed by atoms with van der Waals surface area (Å²) in [5.74, 6) is -1.08. The van der Waals surface area contributed by atoms with Crippen LogP contribution < -0.4 is 5.56 Å². The quantitative estimate of drug-likeness (QED) is 0.328. The minimum atomic E-state index is -0.764. The van der Waals surface area contributed by atoms with E-state index in [0.29, 0.717) is 10.8 Å². The number of hydrogen-bond acceptors (Lipinski definition) is 8. The average molecular weight is 545 g/mol. The standard InChI is InChI=1S/C28H24N4O4S2/c1-31-27(34)20-10-3-2-9-19(20)25(29-31)28(35)36-16-23(33)32-26(22-12-6-14-38-22)21-11-4-7-17(24(21)30-32)15-18-8-5-13-37-18/h2-3,5-6,8-10,12-15,21,26H,4,7,11,16H2,1H3/b17-15-. The number of ether oxygens (including phenoxy) is 1. The van der Waals surface area contributed by atoms with Crippen molar-refractivity contribution >= 4 is 57.1 Å². The number of hydrogen-bond donors (Lipinski definition) is 0. The molecule has 3 aromatic heterocycles. The Bertz CT molecular complexity index is 1640. The Morgan fingerprint density at radius 2 is 1.87 bits per heavy atom. The largest absolute Gasteiger partial charge is 0.451 e. The molecule has 0 radical (unpaired) electrons. The van der Waals surface area contributed by atoms with Crippen LogP contribution in [0.4, 0.5) is 0 Å². The molecular formula is C28H24N4O4S2. The SMILES string of the molecule is Cn1nc(C(=O)OCC(=O)N2N=C3/C(=C\c4cccs4)CCCC3C2c2cccs2)c2ccccc2c1=O. The van der Waals surface area contributed by atoms with E-state index in [-0.39, 0.29) is 23.2 Å². The fraction of sp³-hybridized carbons (Fsp3) is 0.250. The van der Waals surface area contributed by atoms with Gasteiger partial charge in [0.1, 0.15) is 0 Å². The van der Waals surface area contributed by atoms with Crippen molar-refractivity contribution in [3.8, 4) is 0 Å². The van der Waals surface area contributed by atoms with E-state index in [4.69, 9.17) is 9.84 Å². The van der Waals surface area contributed by atoms with E-state index >= 15 is 0 Å². The van der Waals surface area contributed by atoms with E-state index < -0.39 is 18.5 Å². The van der Waals surface area contributed by atoms with Crippen molar-refractivity contribution in [3.05, 3.63) is 90.7 Å². The van der Waals surface area contributed by atoms with Gasteiger partial charge in [0.2, 0.25) is 0 Å². The second-order valence-electron chi connectivity index (χ2n) is 9.27. The van der Waals surface area contributed by atoms with Crippen molar-refractivity contribution in [3.63, 3.8) is 0 Å². The first-order valence-electron chi connectivity index (χ1n) is 12.3. The summed E-state index contributed by atoms with van der Waals surface area (Å²) in [7, 11) is 1.48. The third-order valence-electron chi connectivity index (χ3n) is 6.93. The van der Waals surface area contributed by atoms with Crippen LogP contribution in [0, 0.1) is 5.92 Å². The van der Waals surface area contributed by atoms with E-state index in [1.807, 2.05) is 29.0 Å². The Balaban J connectivity index is 1.28. The van der Waals surface area contributed by atoms with E-state index in [2.05, 4.69) is 17.2 Å². The number of hydrazone groups is 1. The molecule has 1 amide bonds. The molecule has 4 aromatic rings. The van der Waals surface area contributed by atoms with E-state index in [1.54, 1.807) is 46.9 Å². The number of amides is 1. The highest BCUT2D eigenvalue weighted by Gasteiger charge is 2.44. The van der Waals surface area contributed by atoms with Gasteiger partial charge in [0.15, 0.2) is 12.3 Å². The summed E-state index contributed by atoms with van der Waals surface area (Å²) in [6.45, 7) is -0.479. The van der Waals surface area contributed by atoms with E-state index in [1.165, 1.54) is 12.1 Å². The number of rotatable bonds is 5. The van der Waals surface area contributed by atoms with Crippen molar-refractivity contribution in [2.24, 2.45) is 18.1 Å². The van der Waals surface area contributed by atoms with Crippen molar-refractivity contribution in [1.29, 1.82) is 0 Å². The Morgan fingerprint density at radius 3 is 2.63 bits per heavy atom. The molecule has 0 spiro atoms. The van der Waals surface area contributed by atoms with Gasteiger partial charge in [-0.15, -0.1) is 22.7 Å². The fourth-order valence-electron chi connectivity index (χ4n) is 5.20. The predicted octanol–water partition coefficient (Wildman–Crippen LogP) is 5.04. The molecule has 1 aliphatic carbocycles. The molecule has 2 atom stereocenters.